The van der Waals surface area contributed by atoms with Crippen LogP contribution in [0.4, 0.5) is 5.95 Å². The van der Waals surface area contributed by atoms with E-state index in [9.17, 15) is 4.79 Å². The molecule has 19 heavy (non-hydrogen) atoms. The summed E-state index contributed by atoms with van der Waals surface area (Å²) >= 11 is 3.32. The van der Waals surface area contributed by atoms with Crippen molar-refractivity contribution in [1.82, 2.24) is 14.6 Å². The molecular formula is C12H14BrN5O. The van der Waals surface area contributed by atoms with Crippen molar-refractivity contribution in [2.45, 2.75) is 19.8 Å². The van der Waals surface area contributed by atoms with Crippen LogP contribution < -0.4 is 16.3 Å². The van der Waals surface area contributed by atoms with Crippen LogP contribution in [0.5, 0.6) is 0 Å². The van der Waals surface area contributed by atoms with Crippen LogP contribution in [0.1, 0.15) is 18.5 Å². The van der Waals surface area contributed by atoms with Crippen LogP contribution in [0.15, 0.2) is 15.3 Å². The molecule has 0 atom stereocenters. The molecule has 0 unspecified atom stereocenters. The Morgan fingerprint density at radius 3 is 2.68 bits per heavy atom. The normalized spacial score (nSPS) is 15.4. The fourth-order valence-corrected chi connectivity index (χ4v) is 2.86. The molecule has 0 spiro atoms. The van der Waals surface area contributed by atoms with E-state index in [1.807, 2.05) is 11.9 Å². The number of hydrogen-bond acceptors (Lipinski definition) is 5. The Labute approximate surface area is 118 Å². The number of hydrogen-bond donors (Lipinski definition) is 1. The molecule has 1 aliphatic rings. The third-order valence-corrected chi connectivity index (χ3v) is 3.94. The fourth-order valence-electron chi connectivity index (χ4n) is 2.47. The van der Waals surface area contributed by atoms with Gasteiger partial charge in [-0.3, -0.25) is 4.79 Å². The van der Waals surface area contributed by atoms with Crippen LogP contribution in [-0.2, 0) is 0 Å². The van der Waals surface area contributed by atoms with Crippen molar-refractivity contribution in [2.24, 2.45) is 0 Å². The van der Waals surface area contributed by atoms with Gasteiger partial charge >= 0.3 is 0 Å². The molecule has 1 fully saturated rings. The third kappa shape index (κ3) is 1.98. The lowest BCUT2D eigenvalue weighted by molar-refractivity contribution is 0.654. The van der Waals surface area contributed by atoms with Gasteiger partial charge in [0.25, 0.3) is 5.56 Å². The first kappa shape index (κ1) is 12.4. The zero-order valence-electron chi connectivity index (χ0n) is 10.6. The minimum atomic E-state index is -0.105. The Hall–Kier alpha value is -1.63. The second kappa shape index (κ2) is 4.48. The first-order valence-corrected chi connectivity index (χ1v) is 6.98. The van der Waals surface area contributed by atoms with Gasteiger partial charge in [-0.15, -0.1) is 0 Å². The van der Waals surface area contributed by atoms with Gasteiger partial charge in [0.15, 0.2) is 5.65 Å². The van der Waals surface area contributed by atoms with E-state index in [4.69, 9.17) is 5.73 Å². The van der Waals surface area contributed by atoms with E-state index >= 15 is 0 Å². The van der Waals surface area contributed by atoms with Crippen molar-refractivity contribution >= 4 is 32.9 Å². The van der Waals surface area contributed by atoms with Crippen molar-refractivity contribution < 1.29 is 0 Å². The van der Waals surface area contributed by atoms with Crippen LogP contribution in [0.25, 0.3) is 11.0 Å². The molecule has 0 bridgehead atoms. The maximum Gasteiger partial charge on any atom is 0.285 e. The van der Waals surface area contributed by atoms with E-state index in [0.717, 1.165) is 37.0 Å². The number of halogens is 1. The van der Waals surface area contributed by atoms with E-state index in [1.54, 1.807) is 10.7 Å². The number of rotatable bonds is 1. The van der Waals surface area contributed by atoms with Gasteiger partial charge in [0.1, 0.15) is 0 Å². The molecular weight excluding hydrogens is 310 g/mol. The lowest BCUT2D eigenvalue weighted by atomic mass is 10.2. The zero-order valence-corrected chi connectivity index (χ0v) is 12.1. The molecule has 7 heteroatoms. The van der Waals surface area contributed by atoms with Gasteiger partial charge in [0.2, 0.25) is 5.95 Å². The minimum absolute atomic E-state index is 0.105. The Kier molecular flexibility index (Phi) is 2.93. The molecule has 0 amide bonds. The number of nitrogen functional groups attached to an aromatic ring is 1. The second-order valence-corrected chi connectivity index (χ2v) is 5.53. The summed E-state index contributed by atoms with van der Waals surface area (Å²) in [6.07, 6.45) is 2.17. The summed E-state index contributed by atoms with van der Waals surface area (Å²) in [6, 6.07) is 1.76. The van der Waals surface area contributed by atoms with Gasteiger partial charge in [-0.2, -0.15) is 4.98 Å². The molecule has 1 aliphatic heterocycles. The maximum atomic E-state index is 12.4. The van der Waals surface area contributed by atoms with Crippen LogP contribution in [0.3, 0.4) is 0 Å². The topological polar surface area (TPSA) is 77.0 Å². The smallest absolute Gasteiger partial charge is 0.285 e. The monoisotopic (exact) mass is 323 g/mol. The van der Waals surface area contributed by atoms with Crippen LogP contribution in [-0.4, -0.2) is 27.7 Å². The van der Waals surface area contributed by atoms with E-state index in [2.05, 4.69) is 25.9 Å². The number of aryl methyl sites for hydroxylation is 1. The highest BCUT2D eigenvalue weighted by molar-refractivity contribution is 9.10. The Morgan fingerprint density at radius 1 is 1.32 bits per heavy atom. The van der Waals surface area contributed by atoms with Crippen molar-refractivity contribution in [2.75, 3.05) is 23.8 Å². The Morgan fingerprint density at radius 2 is 2.00 bits per heavy atom. The molecule has 2 aromatic rings. The molecule has 6 nitrogen and oxygen atoms in total. The van der Waals surface area contributed by atoms with Crippen molar-refractivity contribution in [3.63, 3.8) is 0 Å². The molecule has 1 saturated heterocycles. The fraction of sp³-hybridized carbons (Fsp3) is 0.417. The Balaban J connectivity index is 2.39. The number of nitrogens with two attached hydrogens (primary N) is 1. The summed E-state index contributed by atoms with van der Waals surface area (Å²) in [6.45, 7) is 3.58. The number of pyridine rings is 1. The van der Waals surface area contributed by atoms with Crippen molar-refractivity contribution in [3.05, 3.63) is 26.6 Å². The third-order valence-electron chi connectivity index (χ3n) is 3.37. The largest absolute Gasteiger partial charge is 0.368 e. The van der Waals surface area contributed by atoms with E-state index in [0.29, 0.717) is 10.1 Å². The van der Waals surface area contributed by atoms with Crippen LogP contribution in [0, 0.1) is 6.92 Å². The molecule has 0 aromatic carbocycles. The lowest BCUT2D eigenvalue weighted by Crippen LogP contribution is -2.41. The summed E-state index contributed by atoms with van der Waals surface area (Å²) in [4.78, 5) is 20.8. The first-order chi connectivity index (χ1) is 9.08. The molecule has 100 valence electrons. The summed E-state index contributed by atoms with van der Waals surface area (Å²) < 4.78 is 2.14. The minimum Gasteiger partial charge on any atom is -0.368 e. The molecule has 3 rings (SSSR count). The summed E-state index contributed by atoms with van der Waals surface area (Å²) in [5.41, 5.74) is 6.97. The number of anilines is 1. The van der Waals surface area contributed by atoms with E-state index in [1.165, 1.54) is 0 Å². The number of fused-ring (bicyclic) bond motifs is 1. The van der Waals surface area contributed by atoms with Gasteiger partial charge in [-0.25, -0.2) is 9.66 Å². The molecule has 0 saturated carbocycles. The van der Waals surface area contributed by atoms with E-state index < -0.39 is 0 Å². The van der Waals surface area contributed by atoms with Crippen LogP contribution >= 0.6 is 15.9 Å². The highest BCUT2D eigenvalue weighted by Gasteiger charge is 2.19. The van der Waals surface area contributed by atoms with Crippen molar-refractivity contribution in [1.29, 1.82) is 0 Å². The average molecular weight is 324 g/mol. The van der Waals surface area contributed by atoms with Gasteiger partial charge in [-0.1, -0.05) is 0 Å². The summed E-state index contributed by atoms with van der Waals surface area (Å²) in [7, 11) is 0. The first-order valence-electron chi connectivity index (χ1n) is 6.18. The molecule has 0 radical (unpaired) electrons. The van der Waals surface area contributed by atoms with Gasteiger partial charge in [0.05, 0.1) is 10.2 Å². The Bertz CT molecular complexity index is 705. The summed E-state index contributed by atoms with van der Waals surface area (Å²) in [5.74, 6) is 0.194. The molecule has 3 heterocycles. The quantitative estimate of drug-likeness (QED) is 0.852. The number of nitrogens with zero attached hydrogens (tertiary/aromatic N) is 4. The van der Waals surface area contributed by atoms with Gasteiger partial charge < -0.3 is 10.7 Å². The maximum absolute atomic E-state index is 12.4. The number of aromatic nitrogens is 3. The average Bonchev–Trinajstić information content (AvgIpc) is 2.85. The SMILES string of the molecule is Cc1nc(N)nc2c1cc(Br)c(=O)n2N1CCCC1. The second-order valence-electron chi connectivity index (χ2n) is 4.67. The molecule has 2 N–H and O–H groups in total. The van der Waals surface area contributed by atoms with Gasteiger partial charge in [-0.05, 0) is 41.8 Å². The predicted octanol–water partition coefficient (Wildman–Crippen LogP) is 1.18. The molecule has 2 aromatic heterocycles. The lowest BCUT2D eigenvalue weighted by Gasteiger charge is -2.22. The van der Waals surface area contributed by atoms with Crippen LogP contribution in [0.2, 0.25) is 0 Å². The molecule has 0 aliphatic carbocycles. The summed E-state index contributed by atoms with van der Waals surface area (Å²) in [5, 5.41) is 2.86. The van der Waals surface area contributed by atoms with E-state index in [-0.39, 0.29) is 11.5 Å². The standard InChI is InChI=1S/C12H14BrN5O/c1-7-8-6-9(13)11(19)18(17-4-2-3-5-17)10(8)16-12(14)15-7/h6H,2-5H2,1H3,(H2,14,15,16). The van der Waals surface area contributed by atoms with Crippen molar-refractivity contribution in [3.8, 4) is 0 Å². The highest BCUT2D eigenvalue weighted by atomic mass is 79.9. The predicted molar refractivity (Wildman–Crippen MR) is 77.8 cm³/mol. The van der Waals surface area contributed by atoms with Gasteiger partial charge in [0, 0.05) is 18.5 Å². The zero-order chi connectivity index (χ0) is 13.6. The highest BCUT2D eigenvalue weighted by Crippen LogP contribution is 2.20.